The van der Waals surface area contributed by atoms with Crippen molar-refractivity contribution in [2.24, 2.45) is 0 Å². The van der Waals surface area contributed by atoms with Crippen LogP contribution in [-0.4, -0.2) is 38.3 Å². The molecule has 1 aliphatic carbocycles. The third-order valence-electron chi connectivity index (χ3n) is 4.39. The Morgan fingerprint density at radius 3 is 2.74 bits per heavy atom. The highest BCUT2D eigenvalue weighted by Crippen LogP contribution is 2.40. The fourth-order valence-corrected chi connectivity index (χ4v) is 3.58. The van der Waals surface area contributed by atoms with Crippen molar-refractivity contribution in [3.05, 3.63) is 66.0 Å². The number of thioether (sulfide) groups is 1. The molecule has 5 nitrogen and oxygen atoms in total. The molecule has 0 spiro atoms. The van der Waals surface area contributed by atoms with E-state index in [0.29, 0.717) is 16.8 Å². The summed E-state index contributed by atoms with van der Waals surface area (Å²) in [7, 11) is 0. The molecule has 0 unspecified atom stereocenters. The lowest BCUT2D eigenvalue weighted by atomic mass is 10.2. The van der Waals surface area contributed by atoms with Crippen LogP contribution in [0.2, 0.25) is 0 Å². The van der Waals surface area contributed by atoms with Gasteiger partial charge >= 0.3 is 0 Å². The molecule has 6 heteroatoms. The first-order valence-electron chi connectivity index (χ1n) is 9.22. The van der Waals surface area contributed by atoms with Crippen LogP contribution in [-0.2, 0) is 0 Å². The minimum Gasteiger partial charge on any atom is -0.491 e. The molecule has 0 saturated heterocycles. The van der Waals surface area contributed by atoms with Crippen molar-refractivity contribution < 1.29 is 9.84 Å². The maximum absolute atomic E-state index is 10.2. The van der Waals surface area contributed by atoms with Crippen LogP contribution in [0.1, 0.15) is 30.1 Å². The quantitative estimate of drug-likeness (QED) is 0.598. The predicted molar refractivity (Wildman–Crippen MR) is 107 cm³/mol. The number of hydrogen-bond acceptors (Lipinski definition) is 5. The number of hydrogen-bond donors (Lipinski definition) is 1. The number of nitrogens with zero attached hydrogens (tertiary/aromatic N) is 3. The van der Waals surface area contributed by atoms with Crippen LogP contribution in [0.4, 0.5) is 0 Å². The second-order valence-corrected chi connectivity index (χ2v) is 7.85. The summed E-state index contributed by atoms with van der Waals surface area (Å²) in [5.41, 5.74) is 2.17. The summed E-state index contributed by atoms with van der Waals surface area (Å²) in [6.07, 6.45) is 1.76. The number of aromatic nitrogens is 3. The predicted octanol–water partition coefficient (Wildman–Crippen LogP) is 3.99. The molecule has 3 aromatic rings. The van der Waals surface area contributed by atoms with E-state index in [9.17, 15) is 5.11 Å². The summed E-state index contributed by atoms with van der Waals surface area (Å²) in [5, 5.41) is 15.6. The van der Waals surface area contributed by atoms with Gasteiger partial charge in [-0.2, -0.15) is 0 Å². The molecule has 1 fully saturated rings. The molecule has 1 atom stereocenters. The normalized spacial score (nSPS) is 14.9. The molecule has 0 bridgehead atoms. The van der Waals surface area contributed by atoms with Crippen molar-refractivity contribution in [3.8, 4) is 11.4 Å². The van der Waals surface area contributed by atoms with Crippen molar-refractivity contribution in [1.29, 1.82) is 0 Å². The van der Waals surface area contributed by atoms with Gasteiger partial charge in [0.05, 0.1) is 11.8 Å². The van der Waals surface area contributed by atoms with Crippen LogP contribution >= 0.6 is 11.8 Å². The van der Waals surface area contributed by atoms with Gasteiger partial charge in [-0.05, 0) is 49.6 Å². The van der Waals surface area contributed by atoms with E-state index in [-0.39, 0.29) is 6.61 Å². The van der Waals surface area contributed by atoms with E-state index in [2.05, 4.69) is 5.10 Å². The second-order valence-electron chi connectivity index (χ2n) is 6.87. The largest absolute Gasteiger partial charge is 0.491 e. The third-order valence-corrected chi connectivity index (χ3v) is 5.38. The molecule has 140 valence electrons. The van der Waals surface area contributed by atoms with Gasteiger partial charge in [0.2, 0.25) is 5.16 Å². The summed E-state index contributed by atoms with van der Waals surface area (Å²) >= 11 is 1.47. The number of rotatable bonds is 8. The van der Waals surface area contributed by atoms with Crippen LogP contribution in [0.25, 0.3) is 5.69 Å². The Morgan fingerprint density at radius 1 is 1.19 bits per heavy atom. The molecule has 1 aromatic heterocycles. The topological polar surface area (TPSA) is 60.2 Å². The fourth-order valence-electron chi connectivity index (χ4n) is 2.85. The molecule has 0 amide bonds. The zero-order chi connectivity index (χ0) is 18.6. The Labute approximate surface area is 163 Å². The van der Waals surface area contributed by atoms with Crippen molar-refractivity contribution in [3.63, 3.8) is 0 Å². The molecule has 0 aliphatic heterocycles. The summed E-state index contributed by atoms with van der Waals surface area (Å²) in [6, 6.07) is 17.9. The highest BCUT2D eigenvalue weighted by atomic mass is 32.2. The number of aliphatic hydroxyl groups excluding tert-OH is 1. The molecule has 27 heavy (non-hydrogen) atoms. The van der Waals surface area contributed by atoms with Gasteiger partial charge in [-0.25, -0.2) is 9.67 Å². The van der Waals surface area contributed by atoms with Crippen LogP contribution in [0.3, 0.4) is 0 Å². The number of aryl methyl sites for hydroxylation is 1. The molecule has 4 rings (SSSR count). The molecule has 1 saturated carbocycles. The van der Waals surface area contributed by atoms with Gasteiger partial charge in [-0.3, -0.25) is 0 Å². The van der Waals surface area contributed by atoms with Gasteiger partial charge < -0.3 is 9.84 Å². The van der Waals surface area contributed by atoms with Gasteiger partial charge in [-0.15, -0.1) is 5.10 Å². The van der Waals surface area contributed by atoms with E-state index in [1.54, 1.807) is 0 Å². The molecular weight excluding hydrogens is 358 g/mol. The Bertz CT molecular complexity index is 893. The zero-order valence-electron chi connectivity index (χ0n) is 15.3. The van der Waals surface area contributed by atoms with Crippen LogP contribution in [0.5, 0.6) is 5.75 Å². The summed E-state index contributed by atoms with van der Waals surface area (Å²) in [4.78, 5) is 4.71. The summed E-state index contributed by atoms with van der Waals surface area (Å²) < 4.78 is 7.61. The first kappa shape index (κ1) is 18.1. The Hall–Kier alpha value is -2.31. The van der Waals surface area contributed by atoms with E-state index in [1.165, 1.54) is 24.6 Å². The highest BCUT2D eigenvalue weighted by Gasteiger charge is 2.30. The Morgan fingerprint density at radius 2 is 2.00 bits per heavy atom. The molecule has 2 aromatic carbocycles. The average Bonchev–Trinajstić information content (AvgIpc) is 3.45. The van der Waals surface area contributed by atoms with E-state index in [4.69, 9.17) is 9.72 Å². The van der Waals surface area contributed by atoms with E-state index in [1.807, 2.05) is 66.2 Å². The number of ether oxygens (including phenoxy) is 1. The van der Waals surface area contributed by atoms with Gasteiger partial charge in [0.25, 0.3) is 0 Å². The monoisotopic (exact) mass is 381 g/mol. The fraction of sp³-hybridized carbons (Fsp3) is 0.333. The van der Waals surface area contributed by atoms with Crippen molar-refractivity contribution in [2.75, 3.05) is 12.4 Å². The first-order valence-corrected chi connectivity index (χ1v) is 10.2. The van der Waals surface area contributed by atoms with Gasteiger partial charge in [-0.1, -0.05) is 42.1 Å². The van der Waals surface area contributed by atoms with Crippen molar-refractivity contribution in [2.45, 2.75) is 36.9 Å². The smallest absolute Gasteiger partial charge is 0.209 e. The summed E-state index contributed by atoms with van der Waals surface area (Å²) in [5.74, 6) is 2.80. The first-order chi connectivity index (χ1) is 13.2. The maximum atomic E-state index is 10.2. The van der Waals surface area contributed by atoms with Crippen LogP contribution in [0.15, 0.2) is 59.8 Å². The van der Waals surface area contributed by atoms with Crippen molar-refractivity contribution in [1.82, 2.24) is 14.8 Å². The number of benzene rings is 2. The molecule has 0 radical (unpaired) electrons. The van der Waals surface area contributed by atoms with E-state index >= 15 is 0 Å². The van der Waals surface area contributed by atoms with Gasteiger partial charge in [0.1, 0.15) is 18.2 Å². The highest BCUT2D eigenvalue weighted by molar-refractivity contribution is 7.99. The molecule has 1 N–H and O–H groups in total. The molecule has 1 aliphatic rings. The van der Waals surface area contributed by atoms with E-state index < -0.39 is 6.10 Å². The van der Waals surface area contributed by atoms with Crippen LogP contribution < -0.4 is 4.74 Å². The lowest BCUT2D eigenvalue weighted by Crippen LogP contribution is -2.20. The molecular formula is C21H23N3O2S. The minimum atomic E-state index is -0.580. The average molecular weight is 382 g/mol. The summed E-state index contributed by atoms with van der Waals surface area (Å²) in [6.45, 7) is 2.27. The van der Waals surface area contributed by atoms with Crippen molar-refractivity contribution >= 4 is 11.8 Å². The molecule has 1 heterocycles. The standard InChI is InChI=1S/C21H23N3O2S/c1-15-6-5-9-19(12-15)26-13-18(25)14-27-21-22-20(16-10-11-16)24(23-21)17-7-3-2-4-8-17/h2-9,12,16,18,25H,10-11,13-14H2,1H3/t18-/m0/s1. The Kier molecular flexibility index (Phi) is 5.45. The maximum Gasteiger partial charge on any atom is 0.209 e. The number of aliphatic hydroxyl groups is 1. The van der Waals surface area contributed by atoms with Gasteiger partial charge in [0, 0.05) is 11.7 Å². The third kappa shape index (κ3) is 4.70. The van der Waals surface area contributed by atoms with Crippen LogP contribution in [0, 0.1) is 6.92 Å². The lowest BCUT2D eigenvalue weighted by molar-refractivity contribution is 0.126. The van der Waals surface area contributed by atoms with Gasteiger partial charge in [0.15, 0.2) is 0 Å². The SMILES string of the molecule is Cc1cccc(OC[C@H](O)CSc2nc(C3CC3)n(-c3ccccc3)n2)c1. The lowest BCUT2D eigenvalue weighted by Gasteiger charge is -2.11. The minimum absolute atomic E-state index is 0.255. The zero-order valence-corrected chi connectivity index (χ0v) is 16.1. The Balaban J connectivity index is 1.37. The second kappa shape index (κ2) is 8.15. The van der Waals surface area contributed by atoms with E-state index in [0.717, 1.165) is 22.8 Å². The number of para-hydroxylation sites is 1.